The number of carbonyl (C=O) groups is 1. The Morgan fingerprint density at radius 2 is 2.29 bits per heavy atom. The lowest BCUT2D eigenvalue weighted by molar-refractivity contribution is -0.122. The SMILES string of the molecule is Cc1cccc(OCCCC(=O)NC(C)c2nnc3n2CCC3)c1. The van der Waals surface area contributed by atoms with Gasteiger partial charge < -0.3 is 14.6 Å². The minimum absolute atomic E-state index is 0.0192. The molecule has 0 saturated carbocycles. The van der Waals surface area contributed by atoms with E-state index in [0.29, 0.717) is 19.4 Å². The Labute approximate surface area is 142 Å². The van der Waals surface area contributed by atoms with E-state index in [9.17, 15) is 4.79 Å². The van der Waals surface area contributed by atoms with Crippen LogP contribution in [0.2, 0.25) is 0 Å². The van der Waals surface area contributed by atoms with E-state index >= 15 is 0 Å². The largest absolute Gasteiger partial charge is 0.494 e. The highest BCUT2D eigenvalue weighted by Gasteiger charge is 2.22. The molecular weight excluding hydrogens is 304 g/mol. The highest BCUT2D eigenvalue weighted by Crippen LogP contribution is 2.19. The van der Waals surface area contributed by atoms with Crippen LogP contribution in [-0.4, -0.2) is 27.3 Å². The standard InChI is InChI=1S/C18H24N4O2/c1-13-6-3-7-15(12-13)24-11-5-9-17(23)19-14(2)18-21-20-16-8-4-10-22(16)18/h3,6-7,12,14H,4-5,8-11H2,1-2H3,(H,19,23). The number of carbonyl (C=O) groups excluding carboxylic acids is 1. The number of hydrogen-bond acceptors (Lipinski definition) is 4. The maximum absolute atomic E-state index is 12.1. The second-order valence-corrected chi connectivity index (χ2v) is 6.29. The van der Waals surface area contributed by atoms with Gasteiger partial charge in [0.25, 0.3) is 0 Å². The van der Waals surface area contributed by atoms with Crippen molar-refractivity contribution in [1.82, 2.24) is 20.1 Å². The fourth-order valence-electron chi connectivity index (χ4n) is 3.00. The first kappa shape index (κ1) is 16.5. The van der Waals surface area contributed by atoms with Gasteiger partial charge in [0.15, 0.2) is 5.82 Å². The minimum Gasteiger partial charge on any atom is -0.494 e. The van der Waals surface area contributed by atoms with Crippen LogP contribution in [0.3, 0.4) is 0 Å². The second-order valence-electron chi connectivity index (χ2n) is 6.29. The van der Waals surface area contributed by atoms with Crippen molar-refractivity contribution in [2.75, 3.05) is 6.61 Å². The van der Waals surface area contributed by atoms with Gasteiger partial charge in [0.1, 0.15) is 11.6 Å². The molecule has 0 bridgehead atoms. The molecule has 6 nitrogen and oxygen atoms in total. The monoisotopic (exact) mass is 328 g/mol. The van der Waals surface area contributed by atoms with Crippen LogP contribution >= 0.6 is 0 Å². The number of aryl methyl sites for hydroxylation is 2. The Kier molecular flexibility index (Phi) is 5.13. The van der Waals surface area contributed by atoms with Crippen molar-refractivity contribution in [2.24, 2.45) is 0 Å². The summed E-state index contributed by atoms with van der Waals surface area (Å²) < 4.78 is 7.79. The topological polar surface area (TPSA) is 69.0 Å². The van der Waals surface area contributed by atoms with Gasteiger partial charge in [-0.2, -0.15) is 0 Å². The lowest BCUT2D eigenvalue weighted by Crippen LogP contribution is -2.28. The summed E-state index contributed by atoms with van der Waals surface area (Å²) in [4.78, 5) is 12.1. The van der Waals surface area contributed by atoms with Crippen LogP contribution in [0.25, 0.3) is 0 Å². The van der Waals surface area contributed by atoms with Gasteiger partial charge in [-0.1, -0.05) is 12.1 Å². The van der Waals surface area contributed by atoms with Gasteiger partial charge >= 0.3 is 0 Å². The van der Waals surface area contributed by atoms with Crippen molar-refractivity contribution >= 4 is 5.91 Å². The fourth-order valence-corrected chi connectivity index (χ4v) is 3.00. The minimum atomic E-state index is -0.116. The number of amides is 1. The molecule has 0 saturated heterocycles. The van der Waals surface area contributed by atoms with Crippen LogP contribution in [0.1, 0.15) is 49.4 Å². The molecule has 6 heteroatoms. The van der Waals surface area contributed by atoms with Crippen LogP contribution in [-0.2, 0) is 17.8 Å². The maximum atomic E-state index is 12.1. The molecule has 1 aliphatic heterocycles. The maximum Gasteiger partial charge on any atom is 0.220 e. The van der Waals surface area contributed by atoms with Crippen LogP contribution in [0.4, 0.5) is 0 Å². The second kappa shape index (κ2) is 7.47. The van der Waals surface area contributed by atoms with Crippen molar-refractivity contribution < 1.29 is 9.53 Å². The van der Waals surface area contributed by atoms with Crippen molar-refractivity contribution in [3.8, 4) is 5.75 Å². The fraction of sp³-hybridized carbons (Fsp3) is 0.500. The third kappa shape index (κ3) is 3.93. The van der Waals surface area contributed by atoms with Gasteiger partial charge in [-0.05, 0) is 44.4 Å². The van der Waals surface area contributed by atoms with E-state index in [1.165, 1.54) is 5.56 Å². The molecule has 0 spiro atoms. The van der Waals surface area contributed by atoms with Crippen molar-refractivity contribution in [2.45, 2.75) is 52.1 Å². The molecule has 0 aliphatic carbocycles. The van der Waals surface area contributed by atoms with Crippen molar-refractivity contribution in [3.63, 3.8) is 0 Å². The first-order chi connectivity index (χ1) is 11.6. The molecule has 1 N–H and O–H groups in total. The molecule has 2 heterocycles. The molecule has 128 valence electrons. The number of benzene rings is 1. The number of aromatic nitrogens is 3. The highest BCUT2D eigenvalue weighted by molar-refractivity contribution is 5.76. The van der Waals surface area contributed by atoms with E-state index in [4.69, 9.17) is 4.74 Å². The predicted octanol–water partition coefficient (Wildman–Crippen LogP) is 2.57. The molecule has 1 atom stereocenters. The third-order valence-electron chi connectivity index (χ3n) is 4.21. The summed E-state index contributed by atoms with van der Waals surface area (Å²) in [6, 6.07) is 7.81. The summed E-state index contributed by atoms with van der Waals surface area (Å²) in [6.07, 6.45) is 3.21. The number of nitrogens with one attached hydrogen (secondary N) is 1. The van der Waals surface area contributed by atoms with E-state index in [2.05, 4.69) is 20.1 Å². The highest BCUT2D eigenvalue weighted by atomic mass is 16.5. The summed E-state index contributed by atoms with van der Waals surface area (Å²) in [5, 5.41) is 11.4. The zero-order chi connectivity index (χ0) is 16.9. The predicted molar refractivity (Wildman–Crippen MR) is 90.8 cm³/mol. The first-order valence-corrected chi connectivity index (χ1v) is 8.54. The van der Waals surface area contributed by atoms with Gasteiger partial charge in [-0.25, -0.2) is 0 Å². The summed E-state index contributed by atoms with van der Waals surface area (Å²) >= 11 is 0. The lowest BCUT2D eigenvalue weighted by Gasteiger charge is -2.14. The van der Waals surface area contributed by atoms with E-state index in [1.54, 1.807) is 0 Å². The van der Waals surface area contributed by atoms with Gasteiger partial charge in [-0.3, -0.25) is 4.79 Å². The molecule has 0 fully saturated rings. The number of rotatable bonds is 7. The zero-order valence-electron chi connectivity index (χ0n) is 14.3. The summed E-state index contributed by atoms with van der Waals surface area (Å²) in [5.41, 5.74) is 1.17. The normalized spacial score (nSPS) is 14.2. The Bertz CT molecular complexity index is 711. The molecule has 1 unspecified atom stereocenters. The molecule has 3 rings (SSSR count). The quantitative estimate of drug-likeness (QED) is 0.793. The number of hydrogen-bond donors (Lipinski definition) is 1. The Morgan fingerprint density at radius 1 is 1.42 bits per heavy atom. The zero-order valence-corrected chi connectivity index (χ0v) is 14.3. The van der Waals surface area contributed by atoms with Gasteiger partial charge in [0.2, 0.25) is 5.91 Å². The molecule has 0 radical (unpaired) electrons. The molecule has 1 aliphatic rings. The summed E-state index contributed by atoms with van der Waals surface area (Å²) in [5.74, 6) is 2.75. The van der Waals surface area contributed by atoms with Gasteiger partial charge in [0.05, 0.1) is 12.6 Å². The van der Waals surface area contributed by atoms with Crippen LogP contribution < -0.4 is 10.1 Å². The molecule has 1 aromatic heterocycles. The van der Waals surface area contributed by atoms with Gasteiger partial charge in [0, 0.05) is 19.4 Å². The average molecular weight is 328 g/mol. The average Bonchev–Trinajstić information content (AvgIpc) is 3.14. The molecule has 1 aromatic carbocycles. The van der Waals surface area contributed by atoms with E-state index in [-0.39, 0.29) is 11.9 Å². The molecular formula is C18H24N4O2. The van der Waals surface area contributed by atoms with E-state index in [0.717, 1.165) is 36.8 Å². The molecule has 2 aromatic rings. The van der Waals surface area contributed by atoms with Gasteiger partial charge in [-0.15, -0.1) is 10.2 Å². The summed E-state index contributed by atoms with van der Waals surface area (Å²) in [7, 11) is 0. The van der Waals surface area contributed by atoms with Crippen LogP contribution in [0, 0.1) is 6.92 Å². The number of nitrogens with zero attached hydrogens (tertiary/aromatic N) is 3. The smallest absolute Gasteiger partial charge is 0.220 e. The Hall–Kier alpha value is -2.37. The number of fused-ring (bicyclic) bond motifs is 1. The van der Waals surface area contributed by atoms with Crippen LogP contribution in [0.5, 0.6) is 5.75 Å². The Morgan fingerprint density at radius 3 is 3.12 bits per heavy atom. The van der Waals surface area contributed by atoms with E-state index < -0.39 is 0 Å². The summed E-state index contributed by atoms with van der Waals surface area (Å²) in [6.45, 7) is 5.47. The van der Waals surface area contributed by atoms with Crippen molar-refractivity contribution in [3.05, 3.63) is 41.5 Å². The van der Waals surface area contributed by atoms with E-state index in [1.807, 2.05) is 38.1 Å². The lowest BCUT2D eigenvalue weighted by atomic mass is 10.2. The van der Waals surface area contributed by atoms with Crippen LogP contribution in [0.15, 0.2) is 24.3 Å². The number of ether oxygens (including phenoxy) is 1. The first-order valence-electron chi connectivity index (χ1n) is 8.54. The Balaban J connectivity index is 1.41. The van der Waals surface area contributed by atoms with Crippen molar-refractivity contribution in [1.29, 1.82) is 0 Å². The third-order valence-corrected chi connectivity index (χ3v) is 4.21. The molecule has 1 amide bonds. The molecule has 24 heavy (non-hydrogen) atoms.